The van der Waals surface area contributed by atoms with Gasteiger partial charge in [-0.25, -0.2) is 0 Å². The highest BCUT2D eigenvalue weighted by Gasteiger charge is 2.06. The first-order chi connectivity index (χ1) is 9.60. The average molecular weight is 329 g/mol. The van der Waals surface area contributed by atoms with Gasteiger partial charge in [0.15, 0.2) is 0 Å². The lowest BCUT2D eigenvalue weighted by Gasteiger charge is -2.15. The molecule has 2 aromatic carbocycles. The van der Waals surface area contributed by atoms with Crippen molar-refractivity contribution in [1.29, 1.82) is 5.26 Å². The molecule has 0 aliphatic carbocycles. The van der Waals surface area contributed by atoms with Crippen molar-refractivity contribution in [3.8, 4) is 6.07 Å². The molecule has 0 spiro atoms. The molecule has 1 atom stereocenters. The quantitative estimate of drug-likeness (QED) is 0.898. The van der Waals surface area contributed by atoms with Crippen molar-refractivity contribution in [2.24, 2.45) is 0 Å². The van der Waals surface area contributed by atoms with E-state index in [1.807, 2.05) is 25.1 Å². The molecule has 0 saturated heterocycles. The smallest absolute Gasteiger partial charge is 0.0991 e. The van der Waals surface area contributed by atoms with Crippen molar-refractivity contribution in [3.05, 3.63) is 69.2 Å². The van der Waals surface area contributed by atoms with Crippen LogP contribution in [0.2, 0.25) is 0 Å². The summed E-state index contributed by atoms with van der Waals surface area (Å²) in [5, 5.41) is 12.4. The summed E-state index contributed by atoms with van der Waals surface area (Å²) < 4.78 is 1.09. The molecule has 0 aliphatic heterocycles. The molecule has 2 nitrogen and oxygen atoms in total. The minimum atomic E-state index is 0.290. The molecule has 3 heteroatoms. The van der Waals surface area contributed by atoms with Crippen LogP contribution in [-0.2, 0) is 6.54 Å². The normalized spacial score (nSPS) is 11.9. The Bertz CT molecular complexity index is 626. The number of benzene rings is 2. The highest BCUT2D eigenvalue weighted by molar-refractivity contribution is 9.10. The van der Waals surface area contributed by atoms with Gasteiger partial charge in [-0.05, 0) is 54.8 Å². The molecule has 0 heterocycles. The molecule has 0 saturated carbocycles. The van der Waals surface area contributed by atoms with Crippen molar-refractivity contribution in [1.82, 2.24) is 5.32 Å². The lowest BCUT2D eigenvalue weighted by Crippen LogP contribution is -2.18. The summed E-state index contributed by atoms with van der Waals surface area (Å²) >= 11 is 3.45. The second-order valence-corrected chi connectivity index (χ2v) is 5.82. The molecular weight excluding hydrogens is 312 g/mol. The van der Waals surface area contributed by atoms with Crippen LogP contribution in [0, 0.1) is 18.3 Å². The summed E-state index contributed by atoms with van der Waals surface area (Å²) in [6.07, 6.45) is 0. The van der Waals surface area contributed by atoms with Crippen LogP contribution in [0.15, 0.2) is 46.9 Å². The summed E-state index contributed by atoms with van der Waals surface area (Å²) in [5.74, 6) is 0. The molecule has 0 aliphatic rings. The number of hydrogen-bond acceptors (Lipinski definition) is 2. The van der Waals surface area contributed by atoms with Crippen molar-refractivity contribution in [2.75, 3.05) is 0 Å². The summed E-state index contributed by atoms with van der Waals surface area (Å²) in [6.45, 7) is 5.00. The van der Waals surface area contributed by atoms with Gasteiger partial charge in [0.2, 0.25) is 0 Å². The predicted octanol–water partition coefficient (Wildman–Crippen LogP) is 4.48. The lowest BCUT2D eigenvalue weighted by atomic mass is 10.0. The molecule has 0 bridgehead atoms. The topological polar surface area (TPSA) is 35.8 Å². The zero-order valence-corrected chi connectivity index (χ0v) is 13.2. The van der Waals surface area contributed by atoms with Crippen LogP contribution in [0.5, 0.6) is 0 Å². The molecule has 20 heavy (non-hydrogen) atoms. The first-order valence-electron chi connectivity index (χ1n) is 6.58. The number of nitrogens with one attached hydrogen (secondary N) is 1. The summed E-state index contributed by atoms with van der Waals surface area (Å²) in [4.78, 5) is 0. The summed E-state index contributed by atoms with van der Waals surface area (Å²) in [5.41, 5.74) is 4.36. The SMILES string of the molecule is Cc1cc(C#N)ccc1CN[C@H](C)c1ccc(Br)cc1. The molecule has 102 valence electrons. The average Bonchev–Trinajstić information content (AvgIpc) is 2.46. The molecule has 0 unspecified atom stereocenters. The van der Waals surface area contributed by atoms with E-state index in [0.29, 0.717) is 5.56 Å². The van der Waals surface area contributed by atoms with Gasteiger partial charge in [-0.1, -0.05) is 34.1 Å². The van der Waals surface area contributed by atoms with Crippen LogP contribution in [0.25, 0.3) is 0 Å². The number of nitriles is 1. The molecule has 2 rings (SSSR count). The Hall–Kier alpha value is -1.63. The van der Waals surface area contributed by atoms with E-state index in [0.717, 1.165) is 16.6 Å². The third-order valence-corrected chi connectivity index (χ3v) is 3.97. The Balaban J connectivity index is 2.01. The molecule has 2 aromatic rings. The van der Waals surface area contributed by atoms with E-state index < -0.39 is 0 Å². The van der Waals surface area contributed by atoms with E-state index in [4.69, 9.17) is 5.26 Å². The summed E-state index contributed by atoms with van der Waals surface area (Å²) in [7, 11) is 0. The first kappa shape index (κ1) is 14.8. The number of rotatable bonds is 4. The molecule has 1 N–H and O–H groups in total. The van der Waals surface area contributed by atoms with Gasteiger partial charge in [0.25, 0.3) is 0 Å². The van der Waals surface area contributed by atoms with E-state index in [1.165, 1.54) is 11.1 Å². The van der Waals surface area contributed by atoms with Crippen LogP contribution in [0.3, 0.4) is 0 Å². The maximum Gasteiger partial charge on any atom is 0.0991 e. The molecule has 0 aromatic heterocycles. The maximum absolute atomic E-state index is 8.87. The van der Waals surface area contributed by atoms with Gasteiger partial charge in [0.05, 0.1) is 11.6 Å². The number of halogens is 1. The lowest BCUT2D eigenvalue weighted by molar-refractivity contribution is 0.573. The fraction of sp³-hybridized carbons (Fsp3) is 0.235. The summed E-state index contributed by atoms with van der Waals surface area (Å²) in [6, 6.07) is 16.6. The van der Waals surface area contributed by atoms with Gasteiger partial charge < -0.3 is 5.32 Å². The van der Waals surface area contributed by atoms with Crippen LogP contribution in [0.1, 0.15) is 35.2 Å². The van der Waals surface area contributed by atoms with Crippen molar-refractivity contribution < 1.29 is 0 Å². The van der Waals surface area contributed by atoms with Crippen LogP contribution < -0.4 is 5.32 Å². The van der Waals surface area contributed by atoms with Crippen LogP contribution in [-0.4, -0.2) is 0 Å². The van der Waals surface area contributed by atoms with E-state index in [-0.39, 0.29) is 6.04 Å². The molecule has 0 fully saturated rings. The number of nitrogens with zero attached hydrogens (tertiary/aromatic N) is 1. The van der Waals surface area contributed by atoms with E-state index >= 15 is 0 Å². The largest absolute Gasteiger partial charge is 0.306 e. The predicted molar refractivity (Wildman–Crippen MR) is 85.3 cm³/mol. The van der Waals surface area contributed by atoms with Gasteiger partial charge >= 0.3 is 0 Å². The number of hydrogen-bond donors (Lipinski definition) is 1. The number of aryl methyl sites for hydroxylation is 1. The zero-order valence-electron chi connectivity index (χ0n) is 11.7. The second-order valence-electron chi connectivity index (χ2n) is 4.91. The van der Waals surface area contributed by atoms with E-state index in [2.05, 4.69) is 58.5 Å². The van der Waals surface area contributed by atoms with Gasteiger partial charge in [-0.3, -0.25) is 0 Å². The highest BCUT2D eigenvalue weighted by atomic mass is 79.9. The Morgan fingerprint density at radius 1 is 1.20 bits per heavy atom. The van der Waals surface area contributed by atoms with E-state index in [1.54, 1.807) is 0 Å². The first-order valence-corrected chi connectivity index (χ1v) is 7.38. The zero-order chi connectivity index (χ0) is 14.5. The fourth-order valence-electron chi connectivity index (χ4n) is 2.10. The standard InChI is InChI=1S/C17H17BrN2/c1-12-9-14(10-19)3-4-16(12)11-20-13(2)15-5-7-17(18)8-6-15/h3-9,13,20H,11H2,1-2H3/t13-/m1/s1. The van der Waals surface area contributed by atoms with Crippen LogP contribution >= 0.6 is 15.9 Å². The third-order valence-electron chi connectivity index (χ3n) is 3.44. The monoisotopic (exact) mass is 328 g/mol. The fourth-order valence-corrected chi connectivity index (χ4v) is 2.36. The minimum Gasteiger partial charge on any atom is -0.306 e. The Labute approximate surface area is 128 Å². The van der Waals surface area contributed by atoms with E-state index in [9.17, 15) is 0 Å². The van der Waals surface area contributed by atoms with Gasteiger partial charge in [0, 0.05) is 17.1 Å². The molecule has 0 radical (unpaired) electrons. The van der Waals surface area contributed by atoms with Gasteiger partial charge in [-0.2, -0.15) is 5.26 Å². The second kappa shape index (κ2) is 6.69. The van der Waals surface area contributed by atoms with Gasteiger partial charge in [-0.15, -0.1) is 0 Å². The van der Waals surface area contributed by atoms with Crippen molar-refractivity contribution >= 4 is 15.9 Å². The molecular formula is C17H17BrN2. The van der Waals surface area contributed by atoms with Gasteiger partial charge in [0.1, 0.15) is 0 Å². The minimum absolute atomic E-state index is 0.290. The van der Waals surface area contributed by atoms with Crippen molar-refractivity contribution in [2.45, 2.75) is 26.4 Å². The Morgan fingerprint density at radius 3 is 2.50 bits per heavy atom. The van der Waals surface area contributed by atoms with Crippen LogP contribution in [0.4, 0.5) is 0 Å². The third kappa shape index (κ3) is 3.69. The maximum atomic E-state index is 8.87. The van der Waals surface area contributed by atoms with Crippen molar-refractivity contribution in [3.63, 3.8) is 0 Å². The Kier molecular flexibility index (Phi) is 4.94. The molecule has 0 amide bonds. The Morgan fingerprint density at radius 2 is 1.90 bits per heavy atom. The highest BCUT2D eigenvalue weighted by Crippen LogP contribution is 2.18.